The summed E-state index contributed by atoms with van der Waals surface area (Å²) < 4.78 is 37.4. The van der Waals surface area contributed by atoms with Crippen LogP contribution in [0.25, 0.3) is 0 Å². The lowest BCUT2D eigenvalue weighted by Gasteiger charge is -2.12. The van der Waals surface area contributed by atoms with Crippen molar-refractivity contribution in [3.8, 4) is 11.5 Å². The highest BCUT2D eigenvalue weighted by Crippen LogP contribution is 2.31. The summed E-state index contributed by atoms with van der Waals surface area (Å²) in [5.41, 5.74) is 0.535. The number of anilines is 3. The Hall–Kier alpha value is -2.57. The standard InChI is InChI=1S/C14H15F2N3O2/c1-17-13-9(15)7-10(16)14(19-13)18-8-4-5-11(20-2)12(6-8)21-3/h4-7H,1-3H3,(H2,17,18,19). The largest absolute Gasteiger partial charge is 0.493 e. The van der Waals surface area contributed by atoms with Gasteiger partial charge in [-0.05, 0) is 12.1 Å². The second-order valence-corrected chi connectivity index (χ2v) is 4.09. The van der Waals surface area contributed by atoms with Crippen LogP contribution in [0, 0.1) is 11.6 Å². The van der Waals surface area contributed by atoms with Crippen molar-refractivity contribution in [1.82, 2.24) is 4.98 Å². The van der Waals surface area contributed by atoms with Crippen molar-refractivity contribution < 1.29 is 18.3 Å². The molecular formula is C14H15F2N3O2. The minimum atomic E-state index is -0.790. The second-order valence-electron chi connectivity index (χ2n) is 4.09. The molecule has 21 heavy (non-hydrogen) atoms. The maximum Gasteiger partial charge on any atom is 0.169 e. The van der Waals surface area contributed by atoms with E-state index in [-0.39, 0.29) is 11.6 Å². The summed E-state index contributed by atoms with van der Waals surface area (Å²) in [5.74, 6) is -0.646. The fraction of sp³-hybridized carbons (Fsp3) is 0.214. The molecule has 0 atom stereocenters. The molecule has 1 aromatic carbocycles. The summed E-state index contributed by atoms with van der Waals surface area (Å²) >= 11 is 0. The van der Waals surface area contributed by atoms with E-state index in [2.05, 4.69) is 15.6 Å². The minimum Gasteiger partial charge on any atom is -0.493 e. The monoisotopic (exact) mass is 295 g/mol. The lowest BCUT2D eigenvalue weighted by Crippen LogP contribution is -2.03. The van der Waals surface area contributed by atoms with Crippen molar-refractivity contribution >= 4 is 17.3 Å². The summed E-state index contributed by atoms with van der Waals surface area (Å²) in [5, 5.41) is 5.32. The molecule has 0 saturated carbocycles. The van der Waals surface area contributed by atoms with Gasteiger partial charge in [0.1, 0.15) is 0 Å². The summed E-state index contributed by atoms with van der Waals surface area (Å²) in [6, 6.07) is 5.73. The number of methoxy groups -OCH3 is 2. The van der Waals surface area contributed by atoms with E-state index in [0.717, 1.165) is 6.07 Å². The molecule has 7 heteroatoms. The molecule has 0 spiro atoms. The first kappa shape index (κ1) is 14.8. The lowest BCUT2D eigenvalue weighted by atomic mass is 10.2. The zero-order valence-electron chi connectivity index (χ0n) is 11.8. The van der Waals surface area contributed by atoms with Gasteiger partial charge in [-0.15, -0.1) is 0 Å². The van der Waals surface area contributed by atoms with Gasteiger partial charge in [-0.2, -0.15) is 0 Å². The van der Waals surface area contributed by atoms with Gasteiger partial charge in [-0.25, -0.2) is 13.8 Å². The molecule has 2 rings (SSSR count). The van der Waals surface area contributed by atoms with E-state index in [1.165, 1.54) is 21.3 Å². The van der Waals surface area contributed by atoms with Crippen molar-refractivity contribution in [2.75, 3.05) is 31.9 Å². The van der Waals surface area contributed by atoms with Gasteiger partial charge in [0, 0.05) is 24.9 Å². The van der Waals surface area contributed by atoms with E-state index < -0.39 is 11.6 Å². The summed E-state index contributed by atoms with van der Waals surface area (Å²) in [7, 11) is 4.52. The molecular weight excluding hydrogens is 280 g/mol. The van der Waals surface area contributed by atoms with Crippen molar-refractivity contribution in [3.63, 3.8) is 0 Å². The van der Waals surface area contributed by atoms with Crippen LogP contribution >= 0.6 is 0 Å². The van der Waals surface area contributed by atoms with E-state index in [1.807, 2.05) is 0 Å². The Kier molecular flexibility index (Phi) is 4.42. The Morgan fingerprint density at radius 2 is 1.62 bits per heavy atom. The number of nitrogens with zero attached hydrogens (tertiary/aromatic N) is 1. The molecule has 2 aromatic rings. The third-order valence-corrected chi connectivity index (χ3v) is 2.81. The predicted molar refractivity (Wildman–Crippen MR) is 76.5 cm³/mol. The van der Waals surface area contributed by atoms with Crippen LogP contribution in [-0.4, -0.2) is 26.3 Å². The summed E-state index contributed by atoms with van der Waals surface area (Å²) in [6.45, 7) is 0. The molecule has 2 N–H and O–H groups in total. The zero-order chi connectivity index (χ0) is 15.4. The second kappa shape index (κ2) is 6.25. The minimum absolute atomic E-state index is 0.0422. The molecule has 0 bridgehead atoms. The average Bonchev–Trinajstić information content (AvgIpc) is 2.49. The van der Waals surface area contributed by atoms with Crippen LogP contribution in [0.2, 0.25) is 0 Å². The van der Waals surface area contributed by atoms with Crippen molar-refractivity contribution in [2.45, 2.75) is 0 Å². The van der Waals surface area contributed by atoms with Gasteiger partial charge in [0.15, 0.2) is 34.8 Å². The van der Waals surface area contributed by atoms with Gasteiger partial charge in [-0.3, -0.25) is 0 Å². The van der Waals surface area contributed by atoms with Gasteiger partial charge in [-0.1, -0.05) is 0 Å². The topological polar surface area (TPSA) is 55.4 Å². The molecule has 5 nitrogen and oxygen atoms in total. The van der Waals surface area contributed by atoms with Crippen LogP contribution in [0.3, 0.4) is 0 Å². The predicted octanol–water partition coefficient (Wildman–Crippen LogP) is 3.16. The Morgan fingerprint density at radius 3 is 2.24 bits per heavy atom. The van der Waals surface area contributed by atoms with Gasteiger partial charge >= 0.3 is 0 Å². The van der Waals surface area contributed by atoms with Gasteiger partial charge < -0.3 is 20.1 Å². The van der Waals surface area contributed by atoms with E-state index in [1.54, 1.807) is 18.2 Å². The molecule has 0 amide bonds. The number of nitrogens with one attached hydrogen (secondary N) is 2. The Morgan fingerprint density at radius 1 is 0.952 bits per heavy atom. The van der Waals surface area contributed by atoms with Crippen LogP contribution in [0.4, 0.5) is 26.1 Å². The highest BCUT2D eigenvalue weighted by Gasteiger charge is 2.12. The van der Waals surface area contributed by atoms with Gasteiger partial charge in [0.2, 0.25) is 0 Å². The van der Waals surface area contributed by atoms with E-state index >= 15 is 0 Å². The number of hydrogen-bond donors (Lipinski definition) is 2. The molecule has 0 radical (unpaired) electrons. The van der Waals surface area contributed by atoms with Gasteiger partial charge in [0.25, 0.3) is 0 Å². The summed E-state index contributed by atoms with van der Waals surface area (Å²) in [6.07, 6.45) is 0. The Balaban J connectivity index is 2.34. The smallest absolute Gasteiger partial charge is 0.169 e. The number of aromatic nitrogens is 1. The number of pyridine rings is 1. The van der Waals surface area contributed by atoms with Gasteiger partial charge in [0.05, 0.1) is 14.2 Å². The van der Waals surface area contributed by atoms with Crippen LogP contribution < -0.4 is 20.1 Å². The average molecular weight is 295 g/mol. The first-order chi connectivity index (χ1) is 10.1. The number of halogens is 2. The van der Waals surface area contributed by atoms with Crippen molar-refractivity contribution in [3.05, 3.63) is 35.9 Å². The highest BCUT2D eigenvalue weighted by molar-refractivity contribution is 5.63. The van der Waals surface area contributed by atoms with E-state index in [9.17, 15) is 8.78 Å². The summed E-state index contributed by atoms with van der Waals surface area (Å²) in [4.78, 5) is 3.84. The molecule has 1 aromatic heterocycles. The fourth-order valence-corrected chi connectivity index (χ4v) is 1.78. The third kappa shape index (κ3) is 3.13. The van der Waals surface area contributed by atoms with Crippen LogP contribution in [0.5, 0.6) is 11.5 Å². The molecule has 0 saturated heterocycles. The fourth-order valence-electron chi connectivity index (χ4n) is 1.78. The molecule has 0 unspecified atom stereocenters. The van der Waals surface area contributed by atoms with Crippen molar-refractivity contribution in [1.29, 1.82) is 0 Å². The molecule has 0 fully saturated rings. The molecule has 0 aliphatic carbocycles. The quantitative estimate of drug-likeness (QED) is 0.887. The molecule has 112 valence electrons. The van der Waals surface area contributed by atoms with Crippen LogP contribution in [0.1, 0.15) is 0 Å². The SMILES string of the molecule is CNc1nc(Nc2ccc(OC)c(OC)c2)c(F)cc1F. The Labute approximate surface area is 120 Å². The highest BCUT2D eigenvalue weighted by atomic mass is 19.1. The first-order valence-corrected chi connectivity index (χ1v) is 6.12. The number of rotatable bonds is 5. The van der Waals surface area contributed by atoms with E-state index in [0.29, 0.717) is 17.2 Å². The lowest BCUT2D eigenvalue weighted by molar-refractivity contribution is 0.355. The normalized spacial score (nSPS) is 10.1. The maximum atomic E-state index is 13.7. The zero-order valence-corrected chi connectivity index (χ0v) is 11.8. The molecule has 1 heterocycles. The number of hydrogen-bond acceptors (Lipinski definition) is 5. The molecule has 0 aliphatic rings. The maximum absolute atomic E-state index is 13.7. The van der Waals surface area contributed by atoms with Crippen LogP contribution in [0.15, 0.2) is 24.3 Å². The first-order valence-electron chi connectivity index (χ1n) is 6.12. The van der Waals surface area contributed by atoms with Crippen molar-refractivity contribution in [2.24, 2.45) is 0 Å². The number of ether oxygens (including phenoxy) is 2. The number of benzene rings is 1. The molecule has 0 aliphatic heterocycles. The Bertz CT molecular complexity index is 650. The third-order valence-electron chi connectivity index (χ3n) is 2.81. The van der Waals surface area contributed by atoms with E-state index in [4.69, 9.17) is 9.47 Å². The van der Waals surface area contributed by atoms with Crippen LogP contribution in [-0.2, 0) is 0 Å².